The van der Waals surface area contributed by atoms with Crippen LogP contribution in [0, 0.1) is 18.8 Å². The van der Waals surface area contributed by atoms with Crippen LogP contribution in [0.3, 0.4) is 0 Å². The van der Waals surface area contributed by atoms with Crippen LogP contribution in [0.25, 0.3) is 0 Å². The van der Waals surface area contributed by atoms with Gasteiger partial charge in [-0.05, 0) is 68.1 Å². The largest absolute Gasteiger partial charge is 0.481 e. The molecular formula is C26H34ClN3O3. The van der Waals surface area contributed by atoms with E-state index in [0.717, 1.165) is 54.1 Å². The van der Waals surface area contributed by atoms with Gasteiger partial charge in [0.05, 0.1) is 23.9 Å². The molecule has 0 radical (unpaired) electrons. The Hall–Kier alpha value is -2.21. The molecule has 1 aromatic heterocycles. The molecule has 178 valence electrons. The minimum Gasteiger partial charge on any atom is -0.481 e. The van der Waals surface area contributed by atoms with Gasteiger partial charge in [0, 0.05) is 29.7 Å². The Kier molecular flexibility index (Phi) is 7.22. The molecular weight excluding hydrogens is 438 g/mol. The van der Waals surface area contributed by atoms with Gasteiger partial charge < -0.3 is 5.11 Å². The second-order valence-electron chi connectivity index (χ2n) is 10.5. The summed E-state index contributed by atoms with van der Waals surface area (Å²) in [5.74, 6) is 0.401. The monoisotopic (exact) mass is 471 g/mol. The summed E-state index contributed by atoms with van der Waals surface area (Å²) in [5, 5.41) is 19.1. The van der Waals surface area contributed by atoms with Gasteiger partial charge in [0.15, 0.2) is 0 Å². The molecule has 1 atom stereocenters. The molecule has 0 saturated heterocycles. The minimum absolute atomic E-state index is 0.0241. The summed E-state index contributed by atoms with van der Waals surface area (Å²) in [6.07, 6.45) is 5.81. The van der Waals surface area contributed by atoms with E-state index in [1.54, 1.807) is 0 Å². The zero-order valence-corrected chi connectivity index (χ0v) is 20.5. The summed E-state index contributed by atoms with van der Waals surface area (Å²) < 4.78 is 2.07. The van der Waals surface area contributed by atoms with Crippen LogP contribution >= 0.6 is 11.6 Å². The maximum Gasteiger partial charge on any atom is 0.304 e. The molecule has 4 rings (SSSR count). The zero-order valence-electron chi connectivity index (χ0n) is 19.8. The number of Topliss-reactive ketones (excluding diaryl/α,β-unsaturated/α-hetero) is 1. The normalized spacial score (nSPS) is 21.1. The van der Waals surface area contributed by atoms with Gasteiger partial charge >= 0.3 is 5.97 Å². The van der Waals surface area contributed by atoms with E-state index in [0.29, 0.717) is 22.9 Å². The van der Waals surface area contributed by atoms with Crippen LogP contribution in [0.1, 0.15) is 99.2 Å². The molecule has 1 N–H and O–H groups in total. The van der Waals surface area contributed by atoms with Gasteiger partial charge in [-0.3, -0.25) is 9.59 Å². The lowest BCUT2D eigenvalue weighted by molar-refractivity contribution is -0.137. The number of aromatic nitrogens is 3. The predicted molar refractivity (Wildman–Crippen MR) is 128 cm³/mol. The van der Waals surface area contributed by atoms with Crippen molar-refractivity contribution < 1.29 is 14.7 Å². The average molecular weight is 472 g/mol. The van der Waals surface area contributed by atoms with Crippen LogP contribution in [-0.4, -0.2) is 31.9 Å². The van der Waals surface area contributed by atoms with Crippen molar-refractivity contribution in [1.82, 2.24) is 15.0 Å². The first-order valence-corrected chi connectivity index (χ1v) is 12.5. The topological polar surface area (TPSA) is 85.1 Å². The molecule has 2 aliphatic carbocycles. The van der Waals surface area contributed by atoms with E-state index >= 15 is 0 Å². The van der Waals surface area contributed by atoms with Crippen LogP contribution in [0.5, 0.6) is 0 Å². The van der Waals surface area contributed by atoms with E-state index < -0.39 is 11.9 Å². The summed E-state index contributed by atoms with van der Waals surface area (Å²) in [4.78, 5) is 24.6. The van der Waals surface area contributed by atoms with Gasteiger partial charge in [0.2, 0.25) is 0 Å². The lowest BCUT2D eigenvalue weighted by Gasteiger charge is -2.37. The first-order valence-electron chi connectivity index (χ1n) is 12.1. The maximum absolute atomic E-state index is 13.0. The van der Waals surface area contributed by atoms with Gasteiger partial charge in [-0.2, -0.15) is 0 Å². The molecule has 33 heavy (non-hydrogen) atoms. The summed E-state index contributed by atoms with van der Waals surface area (Å²) in [6, 6.07) is 6.00. The number of rotatable bonds is 11. The number of carboxylic acid groups (broad SMARTS) is 1. The molecule has 0 unspecified atom stereocenters. The number of hydrogen-bond donors (Lipinski definition) is 1. The third kappa shape index (κ3) is 5.84. The van der Waals surface area contributed by atoms with Crippen molar-refractivity contribution in [3.8, 4) is 0 Å². The Bertz CT molecular complexity index is 1020. The average Bonchev–Trinajstić information content (AvgIpc) is 3.44. The fourth-order valence-corrected chi connectivity index (χ4v) is 5.52. The van der Waals surface area contributed by atoms with Crippen LogP contribution < -0.4 is 0 Å². The Morgan fingerprint density at radius 2 is 1.94 bits per heavy atom. The molecule has 1 heterocycles. The van der Waals surface area contributed by atoms with Crippen molar-refractivity contribution in [2.75, 3.05) is 0 Å². The lowest BCUT2D eigenvalue weighted by Crippen LogP contribution is -2.29. The second-order valence-corrected chi connectivity index (χ2v) is 10.9. The molecule has 0 aliphatic heterocycles. The van der Waals surface area contributed by atoms with Gasteiger partial charge in [-0.15, -0.1) is 5.10 Å². The fraction of sp³-hybridized carbons (Fsp3) is 0.615. The minimum atomic E-state index is -0.918. The summed E-state index contributed by atoms with van der Waals surface area (Å²) in [5.41, 5.74) is 3.61. The van der Waals surface area contributed by atoms with E-state index in [-0.39, 0.29) is 25.0 Å². The van der Waals surface area contributed by atoms with Crippen LogP contribution in [0.15, 0.2) is 18.2 Å². The number of hydrogen-bond acceptors (Lipinski definition) is 4. The van der Waals surface area contributed by atoms with E-state index in [9.17, 15) is 14.7 Å². The number of nitrogens with zero attached hydrogens (tertiary/aromatic N) is 3. The highest BCUT2D eigenvalue weighted by Crippen LogP contribution is 2.48. The van der Waals surface area contributed by atoms with Crippen molar-refractivity contribution in [3.63, 3.8) is 0 Å². The van der Waals surface area contributed by atoms with Gasteiger partial charge in [-0.1, -0.05) is 42.8 Å². The predicted octanol–water partition coefficient (Wildman–Crippen LogP) is 5.87. The lowest BCUT2D eigenvalue weighted by atomic mass is 9.75. The molecule has 6 nitrogen and oxygen atoms in total. The third-order valence-electron chi connectivity index (χ3n) is 6.96. The summed E-state index contributed by atoms with van der Waals surface area (Å²) in [7, 11) is 0. The molecule has 2 aliphatic rings. The van der Waals surface area contributed by atoms with E-state index in [4.69, 9.17) is 11.6 Å². The number of aliphatic carboxylic acids is 1. The van der Waals surface area contributed by atoms with Gasteiger partial charge in [0.1, 0.15) is 5.78 Å². The van der Waals surface area contributed by atoms with Crippen LogP contribution in [-0.2, 0) is 16.0 Å². The molecule has 0 bridgehead atoms. The summed E-state index contributed by atoms with van der Waals surface area (Å²) >= 11 is 6.32. The quantitative estimate of drug-likeness (QED) is 0.442. The van der Waals surface area contributed by atoms with Crippen molar-refractivity contribution in [2.24, 2.45) is 11.8 Å². The highest BCUT2D eigenvalue weighted by atomic mass is 35.5. The number of halogens is 1. The molecule has 2 aromatic rings. The molecule has 1 aromatic carbocycles. The van der Waals surface area contributed by atoms with Crippen LogP contribution in [0.4, 0.5) is 0 Å². The standard InChI is InChI=1S/C26H34ClN3O3/c1-15(2)8-17-10-21(11-17)30-26(18-6-7-18)25(28-29-30)20(14-24(32)33)13-22(31)12-19-5-4-16(3)9-23(19)27/h4-5,9,15,17-18,20-21H,6-8,10-14H2,1-3H3,(H,32,33)/t17?,20-,21?/m1/s1. The number of benzene rings is 1. The molecule has 2 fully saturated rings. The Morgan fingerprint density at radius 3 is 2.55 bits per heavy atom. The summed E-state index contributed by atoms with van der Waals surface area (Å²) in [6.45, 7) is 6.47. The van der Waals surface area contributed by atoms with E-state index in [2.05, 4.69) is 28.8 Å². The fourth-order valence-electron chi connectivity index (χ4n) is 5.22. The molecule has 2 saturated carbocycles. The van der Waals surface area contributed by atoms with Crippen molar-refractivity contribution >= 4 is 23.4 Å². The molecule has 0 amide bonds. The van der Waals surface area contributed by atoms with Crippen LogP contribution in [0.2, 0.25) is 5.02 Å². The second kappa shape index (κ2) is 9.96. The van der Waals surface area contributed by atoms with Gasteiger partial charge in [-0.25, -0.2) is 4.68 Å². The number of aryl methyl sites for hydroxylation is 1. The number of carboxylic acids is 1. The first kappa shape index (κ1) is 23.9. The maximum atomic E-state index is 13.0. The number of carbonyl (C=O) groups is 2. The third-order valence-corrected chi connectivity index (χ3v) is 7.31. The highest BCUT2D eigenvalue weighted by molar-refractivity contribution is 6.31. The van der Waals surface area contributed by atoms with Gasteiger partial charge in [0.25, 0.3) is 0 Å². The van der Waals surface area contributed by atoms with Crippen molar-refractivity contribution in [2.45, 2.75) is 90.0 Å². The molecule has 7 heteroatoms. The smallest absolute Gasteiger partial charge is 0.304 e. The number of ketones is 1. The Labute approximate surface area is 200 Å². The molecule has 0 spiro atoms. The van der Waals surface area contributed by atoms with E-state index in [1.807, 2.05) is 25.1 Å². The van der Waals surface area contributed by atoms with Crippen molar-refractivity contribution in [1.29, 1.82) is 0 Å². The zero-order chi connectivity index (χ0) is 23.7. The highest BCUT2D eigenvalue weighted by Gasteiger charge is 2.40. The van der Waals surface area contributed by atoms with Crippen molar-refractivity contribution in [3.05, 3.63) is 45.7 Å². The Morgan fingerprint density at radius 1 is 1.21 bits per heavy atom. The SMILES string of the molecule is Cc1ccc(CC(=O)C[C@H](CC(=O)O)c2nnn(C3CC(CC(C)C)C3)c2C2CC2)c(Cl)c1. The Balaban J connectivity index is 1.52. The first-order chi connectivity index (χ1) is 15.7. The number of carbonyl (C=O) groups excluding carboxylic acids is 1. The van der Waals surface area contributed by atoms with E-state index in [1.165, 1.54) is 6.42 Å².